The zero-order valence-electron chi connectivity index (χ0n) is 15.9. The highest BCUT2D eigenvalue weighted by molar-refractivity contribution is 5.76. The normalized spacial score (nSPS) is 11.6. The largest absolute Gasteiger partial charge is 0.465 e. The molecule has 0 atom stereocenters. The number of imidazole rings is 2. The van der Waals surface area contributed by atoms with Crippen LogP contribution in [0.25, 0.3) is 16.9 Å². The van der Waals surface area contributed by atoms with Crippen LogP contribution < -0.4 is 11.2 Å². The molecule has 0 amide bonds. The molecular weight excluding hydrogens is 354 g/mol. The van der Waals surface area contributed by atoms with Crippen molar-refractivity contribution in [2.75, 3.05) is 20.3 Å². The van der Waals surface area contributed by atoms with E-state index in [4.69, 9.17) is 9.47 Å². The van der Waals surface area contributed by atoms with Crippen molar-refractivity contribution in [2.24, 2.45) is 7.05 Å². The van der Waals surface area contributed by atoms with Crippen LogP contribution in [-0.4, -0.2) is 49.4 Å². The van der Waals surface area contributed by atoms with Crippen LogP contribution in [0, 0.1) is 6.92 Å². The maximum Gasteiger partial charge on any atom is 0.333 e. The number of aromatic nitrogens is 5. The first-order valence-corrected chi connectivity index (χ1v) is 8.73. The monoisotopic (exact) mass is 377 g/mol. The molecule has 3 heterocycles. The molecule has 3 aromatic rings. The number of esters is 1. The number of methoxy groups -OCH3 is 1. The Kier molecular flexibility index (Phi) is 5.17. The molecule has 0 saturated carbocycles. The van der Waals surface area contributed by atoms with Gasteiger partial charge in [-0.15, -0.1) is 0 Å². The fraction of sp³-hybridized carbons (Fsp3) is 0.529. The molecule has 0 radical (unpaired) electrons. The summed E-state index contributed by atoms with van der Waals surface area (Å²) in [5.41, 5.74) is 0.290. The van der Waals surface area contributed by atoms with Crippen LogP contribution >= 0.6 is 0 Å². The van der Waals surface area contributed by atoms with Gasteiger partial charge >= 0.3 is 11.7 Å². The lowest BCUT2D eigenvalue weighted by atomic mass is 10.4. The highest BCUT2D eigenvalue weighted by Gasteiger charge is 2.21. The zero-order chi connectivity index (χ0) is 19.7. The average Bonchev–Trinajstić information content (AvgIpc) is 3.13. The smallest absolute Gasteiger partial charge is 0.333 e. The first-order chi connectivity index (χ1) is 12.9. The molecule has 0 aliphatic heterocycles. The maximum atomic E-state index is 12.9. The van der Waals surface area contributed by atoms with E-state index in [1.165, 1.54) is 11.6 Å². The molecule has 0 unspecified atom stereocenters. The third kappa shape index (κ3) is 3.16. The van der Waals surface area contributed by atoms with E-state index in [-0.39, 0.29) is 17.8 Å². The number of carbonyl (C=O) groups excluding carboxylic acids is 1. The van der Waals surface area contributed by atoms with Gasteiger partial charge in [0.2, 0.25) is 5.78 Å². The Hall–Kier alpha value is -2.88. The van der Waals surface area contributed by atoms with Crippen LogP contribution in [0.3, 0.4) is 0 Å². The molecule has 0 spiro atoms. The van der Waals surface area contributed by atoms with E-state index < -0.39 is 23.8 Å². The van der Waals surface area contributed by atoms with E-state index in [9.17, 15) is 14.4 Å². The van der Waals surface area contributed by atoms with Crippen LogP contribution in [0.4, 0.5) is 0 Å². The van der Waals surface area contributed by atoms with Crippen LogP contribution in [-0.2, 0) is 34.4 Å². The number of hydrogen-bond donors (Lipinski definition) is 0. The topological polar surface area (TPSA) is 102 Å². The van der Waals surface area contributed by atoms with Gasteiger partial charge in [-0.2, -0.15) is 4.98 Å². The second kappa shape index (κ2) is 7.39. The van der Waals surface area contributed by atoms with Crippen molar-refractivity contribution in [3.8, 4) is 0 Å². The summed E-state index contributed by atoms with van der Waals surface area (Å²) >= 11 is 0. The van der Waals surface area contributed by atoms with Gasteiger partial charge in [0.1, 0.15) is 6.54 Å². The molecule has 0 aliphatic carbocycles. The fourth-order valence-electron chi connectivity index (χ4n) is 3.17. The SMILES string of the molecule is CCOC(=O)Cn1c(=O)c2c(nc3n(CCCOC)c(C)cn23)n(C)c1=O. The van der Waals surface area contributed by atoms with Gasteiger partial charge in [0.15, 0.2) is 11.2 Å². The molecule has 0 fully saturated rings. The van der Waals surface area contributed by atoms with E-state index in [2.05, 4.69) is 4.98 Å². The van der Waals surface area contributed by atoms with E-state index in [0.29, 0.717) is 18.9 Å². The second-order valence-electron chi connectivity index (χ2n) is 6.26. The summed E-state index contributed by atoms with van der Waals surface area (Å²) in [6, 6.07) is 0. The van der Waals surface area contributed by atoms with Crippen LogP contribution in [0.15, 0.2) is 15.8 Å². The Morgan fingerprint density at radius 2 is 2.00 bits per heavy atom. The van der Waals surface area contributed by atoms with Crippen molar-refractivity contribution in [1.82, 2.24) is 23.1 Å². The van der Waals surface area contributed by atoms with Gasteiger partial charge in [-0.3, -0.25) is 18.6 Å². The number of nitrogens with zero attached hydrogens (tertiary/aromatic N) is 5. The molecule has 0 aliphatic rings. The van der Waals surface area contributed by atoms with E-state index in [1.54, 1.807) is 24.6 Å². The molecule has 0 aromatic carbocycles. The van der Waals surface area contributed by atoms with Crippen molar-refractivity contribution in [3.05, 3.63) is 32.7 Å². The molecule has 3 aromatic heterocycles. The Morgan fingerprint density at radius 1 is 1.26 bits per heavy atom. The fourth-order valence-corrected chi connectivity index (χ4v) is 3.17. The summed E-state index contributed by atoms with van der Waals surface area (Å²) in [4.78, 5) is 41.8. The minimum absolute atomic E-state index is 0.177. The standard InChI is InChI=1S/C17H23N5O5/c1-5-27-12(23)10-22-15(24)13-14(19(3)17(22)25)18-16-20(7-6-8-26-4)11(2)9-21(13)16/h9H,5-8,10H2,1-4H3. The van der Waals surface area contributed by atoms with Crippen LogP contribution in [0.1, 0.15) is 19.0 Å². The third-order valence-corrected chi connectivity index (χ3v) is 4.46. The summed E-state index contributed by atoms with van der Waals surface area (Å²) in [6.07, 6.45) is 2.59. The van der Waals surface area contributed by atoms with Crippen molar-refractivity contribution < 1.29 is 14.3 Å². The number of hydrogen-bond acceptors (Lipinski definition) is 6. The maximum absolute atomic E-state index is 12.9. The molecule has 10 nitrogen and oxygen atoms in total. The summed E-state index contributed by atoms with van der Waals surface area (Å²) in [6.45, 7) is 4.61. The van der Waals surface area contributed by atoms with Gasteiger partial charge in [0.25, 0.3) is 5.56 Å². The van der Waals surface area contributed by atoms with E-state index >= 15 is 0 Å². The predicted molar refractivity (Wildman–Crippen MR) is 98.1 cm³/mol. The molecule has 10 heteroatoms. The molecular formula is C17H23N5O5. The Morgan fingerprint density at radius 3 is 2.67 bits per heavy atom. The summed E-state index contributed by atoms with van der Waals surface area (Å²) in [5, 5.41) is 0. The molecule has 27 heavy (non-hydrogen) atoms. The van der Waals surface area contributed by atoms with Crippen molar-refractivity contribution in [3.63, 3.8) is 0 Å². The van der Waals surface area contributed by atoms with Crippen molar-refractivity contribution >= 4 is 22.9 Å². The number of carbonyl (C=O) groups is 1. The quantitative estimate of drug-likeness (QED) is 0.426. The first-order valence-electron chi connectivity index (χ1n) is 8.73. The lowest BCUT2D eigenvalue weighted by Crippen LogP contribution is -2.41. The highest BCUT2D eigenvalue weighted by atomic mass is 16.5. The summed E-state index contributed by atoms with van der Waals surface area (Å²) in [5.74, 6) is -0.0651. The molecule has 0 saturated heterocycles. The Labute approximate surface area is 154 Å². The minimum Gasteiger partial charge on any atom is -0.465 e. The predicted octanol–water partition coefficient (Wildman–Crippen LogP) is 0.0574. The number of ether oxygens (including phenoxy) is 2. The van der Waals surface area contributed by atoms with Gasteiger partial charge in [-0.1, -0.05) is 0 Å². The van der Waals surface area contributed by atoms with Crippen molar-refractivity contribution in [2.45, 2.75) is 33.4 Å². The Bertz CT molecular complexity index is 1120. The molecule has 0 N–H and O–H groups in total. The van der Waals surface area contributed by atoms with E-state index in [0.717, 1.165) is 16.7 Å². The third-order valence-electron chi connectivity index (χ3n) is 4.46. The number of rotatable bonds is 7. The summed E-state index contributed by atoms with van der Waals surface area (Å²) < 4.78 is 15.8. The van der Waals surface area contributed by atoms with Crippen LogP contribution in [0.5, 0.6) is 0 Å². The Balaban J connectivity index is 2.21. The number of aryl methyl sites for hydroxylation is 3. The average molecular weight is 377 g/mol. The molecule has 0 bridgehead atoms. The lowest BCUT2D eigenvalue weighted by molar-refractivity contribution is -0.143. The van der Waals surface area contributed by atoms with Gasteiger partial charge in [0.05, 0.1) is 6.61 Å². The van der Waals surface area contributed by atoms with Gasteiger partial charge in [-0.25, -0.2) is 9.36 Å². The minimum atomic E-state index is -0.634. The van der Waals surface area contributed by atoms with Crippen molar-refractivity contribution in [1.29, 1.82) is 0 Å². The van der Waals surface area contributed by atoms with Gasteiger partial charge < -0.3 is 14.0 Å². The zero-order valence-corrected chi connectivity index (χ0v) is 15.9. The second-order valence-corrected chi connectivity index (χ2v) is 6.26. The lowest BCUT2D eigenvalue weighted by Gasteiger charge is -2.07. The molecule has 146 valence electrons. The van der Waals surface area contributed by atoms with E-state index in [1.807, 2.05) is 11.5 Å². The first kappa shape index (κ1) is 18.9. The molecule has 3 rings (SSSR count). The summed E-state index contributed by atoms with van der Waals surface area (Å²) in [7, 11) is 3.17. The van der Waals surface area contributed by atoms with Crippen LogP contribution in [0.2, 0.25) is 0 Å². The van der Waals surface area contributed by atoms with Gasteiger partial charge in [0, 0.05) is 39.2 Å². The van der Waals surface area contributed by atoms with Gasteiger partial charge in [-0.05, 0) is 20.3 Å². The highest BCUT2D eigenvalue weighted by Crippen LogP contribution is 2.16. The number of fused-ring (bicyclic) bond motifs is 3.